The Bertz CT molecular complexity index is 1300. The Morgan fingerprint density at radius 3 is 2.48 bits per heavy atom. The van der Waals surface area contributed by atoms with Crippen molar-refractivity contribution in [3.8, 4) is 0 Å². The van der Waals surface area contributed by atoms with E-state index in [-0.39, 0.29) is 17.0 Å². The van der Waals surface area contributed by atoms with Crippen LogP contribution in [0.2, 0.25) is 0 Å². The van der Waals surface area contributed by atoms with Crippen LogP contribution in [0.25, 0.3) is 11.2 Å². The van der Waals surface area contributed by atoms with Gasteiger partial charge < -0.3 is 50.7 Å². The number of halogens is 1. The molecule has 2 aromatic rings. The number of thiol groups is 1. The van der Waals surface area contributed by atoms with Crippen molar-refractivity contribution in [2.24, 2.45) is 0 Å². The average molecular weight is 638 g/mol. The van der Waals surface area contributed by atoms with Gasteiger partial charge in [0.05, 0.1) is 13.2 Å². The Kier molecular flexibility index (Phi) is 9.47. The van der Waals surface area contributed by atoms with Gasteiger partial charge in [-0.25, -0.2) is 23.5 Å². The van der Waals surface area contributed by atoms with Gasteiger partial charge in [0.2, 0.25) is 0 Å². The normalized spacial score (nSPS) is 36.8. The number of ether oxygens (including phenoxy) is 2. The molecule has 0 aromatic carbocycles. The predicted octanol–water partition coefficient (Wildman–Crippen LogP) is -3.25. The minimum absolute atomic E-state index is 0.0155. The summed E-state index contributed by atoms with van der Waals surface area (Å²) < 4.78 is 64.1. The molecule has 2 aromatic heterocycles. The molecule has 2 aliphatic rings. The first-order valence-electron chi connectivity index (χ1n) is 11.1. The van der Waals surface area contributed by atoms with E-state index in [1.54, 1.807) is 0 Å². The van der Waals surface area contributed by atoms with E-state index in [1.807, 2.05) is 0 Å². The third kappa shape index (κ3) is 6.46. The van der Waals surface area contributed by atoms with E-state index >= 15 is 0 Å². The molecule has 20 nitrogen and oxygen atoms in total. The van der Waals surface area contributed by atoms with Crippen molar-refractivity contribution in [2.75, 3.05) is 18.9 Å². The number of alkyl halides is 1. The van der Waals surface area contributed by atoms with Crippen LogP contribution in [0.5, 0.6) is 0 Å². The van der Waals surface area contributed by atoms with E-state index in [4.69, 9.17) is 24.8 Å². The summed E-state index contributed by atoms with van der Waals surface area (Å²) in [7, 11) is -5.53. The quantitative estimate of drug-likeness (QED) is 0.0911. The van der Waals surface area contributed by atoms with Gasteiger partial charge in [-0.1, -0.05) is 17.5 Å². The number of hydrogen-bond donors (Lipinski definition) is 9. The average Bonchev–Trinajstić information content (AvgIpc) is 3.43. The molecule has 2 saturated heterocycles. The predicted molar refractivity (Wildman–Crippen MR) is 127 cm³/mol. The van der Waals surface area contributed by atoms with Crippen molar-refractivity contribution in [1.29, 1.82) is 0 Å². The molecule has 0 radical (unpaired) electrons. The molecule has 40 heavy (non-hydrogen) atoms. The van der Waals surface area contributed by atoms with E-state index in [0.717, 1.165) is 11.0 Å². The highest BCUT2D eigenvalue weighted by Crippen LogP contribution is 2.66. The third-order valence-electron chi connectivity index (χ3n) is 5.85. The number of phosphoric ester groups is 1. The first-order chi connectivity index (χ1) is 18.7. The number of aliphatic hydroxyl groups excluding tert-OH is 6. The van der Waals surface area contributed by atoms with Crippen LogP contribution in [-0.2, 0) is 32.0 Å². The van der Waals surface area contributed by atoms with Crippen LogP contribution < -0.4 is 5.73 Å². The number of aliphatic hydroxyl groups is 6. The Labute approximate surface area is 227 Å². The number of nitrogens with zero attached hydrogens (tertiary/aromatic N) is 5. The number of nitrogen functional groups attached to an aromatic ring is 1. The summed E-state index contributed by atoms with van der Waals surface area (Å²) in [6.07, 6.45) is -18.0. The maximum absolute atomic E-state index is 13.9. The van der Waals surface area contributed by atoms with Crippen LogP contribution in [-0.4, -0.2) is 129 Å². The zero-order chi connectivity index (χ0) is 29.6. The van der Waals surface area contributed by atoms with Crippen molar-refractivity contribution in [3.63, 3.8) is 0 Å². The molecule has 0 spiro atoms. The van der Waals surface area contributed by atoms with E-state index in [9.17, 15) is 43.9 Å². The maximum Gasteiger partial charge on any atom is 0.482 e. The lowest BCUT2D eigenvalue weighted by atomic mass is 9.96. The highest BCUT2D eigenvalue weighted by Gasteiger charge is 2.51. The number of rotatable bonds is 10. The molecule has 2 fully saturated rings. The first-order valence-corrected chi connectivity index (χ1v) is 15.3. The van der Waals surface area contributed by atoms with Gasteiger partial charge in [0.15, 0.2) is 35.7 Å². The topological polar surface area (TPSA) is 304 Å². The summed E-state index contributed by atoms with van der Waals surface area (Å²) in [5.74, 6) is -0.0155. The lowest BCUT2D eigenvalue weighted by molar-refractivity contribution is -0.287. The summed E-state index contributed by atoms with van der Waals surface area (Å²) in [4.78, 5) is 17.7. The molecule has 4 rings (SSSR count). The zero-order valence-corrected chi connectivity index (χ0v) is 22.5. The number of anilines is 1. The standard InChI is InChI=1S/C16H25FN6O14P2S/c17-4(1-24)12-9(27)8(26)11(29)16(35-12)36-38(30,31)37-39(32,40)33-2-5-7(25)10(28)15(34-5)23-14-6(21-22-23)13(18)19-3-20-14/h3-5,7-12,15-16,24-29H,1-2H2,(H,30,31)(H,32,40)(H2,18,19,20)/t4-,5+,7+,8?,9?,10+,11?,12?,15+,16?,39?/m0/s1. The van der Waals surface area contributed by atoms with E-state index in [1.165, 1.54) is 0 Å². The van der Waals surface area contributed by atoms with E-state index in [2.05, 4.69) is 41.4 Å². The van der Waals surface area contributed by atoms with Crippen LogP contribution >= 0.6 is 26.9 Å². The monoisotopic (exact) mass is 638 g/mol. The van der Waals surface area contributed by atoms with Gasteiger partial charge in [0.1, 0.15) is 49.1 Å². The molecule has 7 unspecified atom stereocenters. The molecule has 12 atom stereocenters. The second-order valence-electron chi connectivity index (χ2n) is 8.57. The SMILES string of the molecule is Nc1ncnc2c1nnn2[C@@H]1O[C@H](COP(=O)(S)OP(=O)(O)OC2OC([C@@H](F)CO)C(O)C(O)C2O)[C@@H](O)[C@H]1O. The smallest absolute Gasteiger partial charge is 0.393 e. The fraction of sp³-hybridized carbons (Fsp3) is 0.750. The summed E-state index contributed by atoms with van der Waals surface area (Å²) in [6.45, 7) is -6.86. The van der Waals surface area contributed by atoms with Gasteiger partial charge in [-0.2, -0.15) is 8.99 Å². The summed E-state index contributed by atoms with van der Waals surface area (Å²) >= 11 is 3.54. The Balaban J connectivity index is 1.38. The van der Waals surface area contributed by atoms with Crippen molar-refractivity contribution in [2.45, 2.75) is 61.4 Å². The largest absolute Gasteiger partial charge is 0.482 e. The van der Waals surface area contributed by atoms with Gasteiger partial charge in [0.25, 0.3) is 0 Å². The fourth-order valence-corrected chi connectivity index (χ4v) is 7.05. The maximum atomic E-state index is 13.9. The number of phosphoric acid groups is 1. The lowest BCUT2D eigenvalue weighted by Gasteiger charge is -2.41. The van der Waals surface area contributed by atoms with Crippen molar-refractivity contribution < 1.29 is 71.9 Å². The molecule has 4 heterocycles. The van der Waals surface area contributed by atoms with Crippen LogP contribution in [0.15, 0.2) is 6.33 Å². The van der Waals surface area contributed by atoms with Gasteiger partial charge in [0, 0.05) is 0 Å². The number of fused-ring (bicyclic) bond motifs is 1. The van der Waals surface area contributed by atoms with Gasteiger partial charge >= 0.3 is 14.6 Å². The molecule has 24 heteroatoms. The van der Waals surface area contributed by atoms with Crippen LogP contribution in [0.4, 0.5) is 10.2 Å². The molecule has 0 saturated carbocycles. The molecular formula is C16H25FN6O14P2S. The summed E-state index contributed by atoms with van der Waals surface area (Å²) in [5.41, 5.74) is 5.83. The van der Waals surface area contributed by atoms with Gasteiger partial charge in [-0.3, -0.25) is 9.05 Å². The molecule has 9 N–H and O–H groups in total. The number of aromatic nitrogens is 5. The van der Waals surface area contributed by atoms with E-state index < -0.39 is 89.3 Å². The minimum atomic E-state index is -5.53. The highest BCUT2D eigenvalue weighted by molar-refractivity contribution is 8.45. The Morgan fingerprint density at radius 1 is 1.10 bits per heavy atom. The molecule has 0 aliphatic carbocycles. The number of nitrogens with two attached hydrogens (primary N) is 1. The first kappa shape index (κ1) is 31.5. The Morgan fingerprint density at radius 2 is 1.80 bits per heavy atom. The summed E-state index contributed by atoms with van der Waals surface area (Å²) in [5, 5.41) is 67.0. The molecule has 226 valence electrons. The second-order valence-corrected chi connectivity index (χ2v) is 13.0. The summed E-state index contributed by atoms with van der Waals surface area (Å²) in [6, 6.07) is 0. The van der Waals surface area contributed by atoms with Gasteiger partial charge in [-0.15, -0.1) is 5.10 Å². The lowest BCUT2D eigenvalue weighted by Crippen LogP contribution is -2.60. The number of hydrogen-bond acceptors (Lipinski definition) is 18. The van der Waals surface area contributed by atoms with Crippen molar-refractivity contribution in [3.05, 3.63) is 6.33 Å². The molecule has 0 amide bonds. The second kappa shape index (κ2) is 12.0. The van der Waals surface area contributed by atoms with Crippen molar-refractivity contribution >= 4 is 43.9 Å². The van der Waals surface area contributed by atoms with E-state index in [0.29, 0.717) is 0 Å². The van der Waals surface area contributed by atoms with Crippen LogP contribution in [0, 0.1) is 0 Å². The zero-order valence-electron chi connectivity index (χ0n) is 19.8. The molecule has 2 aliphatic heterocycles. The third-order valence-corrected chi connectivity index (χ3v) is 9.45. The Hall–Kier alpha value is -1.46. The van der Waals surface area contributed by atoms with Gasteiger partial charge in [-0.05, 0) is 0 Å². The fourth-order valence-electron chi connectivity index (χ4n) is 3.86. The molecule has 0 bridgehead atoms. The van der Waals surface area contributed by atoms with Crippen LogP contribution in [0.3, 0.4) is 0 Å². The minimum Gasteiger partial charge on any atom is -0.393 e. The highest BCUT2D eigenvalue weighted by atomic mass is 32.7. The van der Waals surface area contributed by atoms with Crippen LogP contribution in [0.1, 0.15) is 6.23 Å². The van der Waals surface area contributed by atoms with Crippen molar-refractivity contribution in [1.82, 2.24) is 25.0 Å². The molecular weight excluding hydrogens is 613 g/mol.